The standard InChI is InChI=1S/C15H19N5O/c1-8-13(9(2)20(3)19-8)21-15-11(14(16)17)7-10-5-4-6-12(10)18-15/h7H,4-6H2,1-3H3,(H3,16,17). The van der Waals surface area contributed by atoms with Crippen LogP contribution < -0.4 is 10.5 Å². The minimum absolute atomic E-state index is 0.0219. The van der Waals surface area contributed by atoms with Crippen LogP contribution >= 0.6 is 0 Å². The van der Waals surface area contributed by atoms with Crippen LogP contribution in [0.1, 0.15) is 34.6 Å². The van der Waals surface area contributed by atoms with Gasteiger partial charge in [-0.3, -0.25) is 10.1 Å². The number of nitrogens with two attached hydrogens (primary N) is 1. The lowest BCUT2D eigenvalue weighted by Crippen LogP contribution is -2.14. The fourth-order valence-corrected chi connectivity index (χ4v) is 2.72. The number of ether oxygens (including phenoxy) is 1. The van der Waals surface area contributed by atoms with Gasteiger partial charge in [-0.25, -0.2) is 4.98 Å². The number of aromatic nitrogens is 3. The Labute approximate surface area is 123 Å². The Kier molecular flexibility index (Phi) is 3.16. The summed E-state index contributed by atoms with van der Waals surface area (Å²) < 4.78 is 7.73. The molecule has 0 unspecified atom stereocenters. The number of hydrogen-bond acceptors (Lipinski definition) is 4. The summed E-state index contributed by atoms with van der Waals surface area (Å²) in [5, 5.41) is 12.1. The average Bonchev–Trinajstić information content (AvgIpc) is 2.97. The van der Waals surface area contributed by atoms with E-state index in [9.17, 15) is 0 Å². The highest BCUT2D eigenvalue weighted by Gasteiger charge is 2.21. The highest BCUT2D eigenvalue weighted by atomic mass is 16.5. The number of nitrogens with zero attached hydrogens (tertiary/aromatic N) is 3. The number of aryl methyl sites for hydroxylation is 4. The lowest BCUT2D eigenvalue weighted by Gasteiger charge is -2.12. The lowest BCUT2D eigenvalue weighted by atomic mass is 10.1. The quantitative estimate of drug-likeness (QED) is 0.666. The maximum absolute atomic E-state index is 7.75. The van der Waals surface area contributed by atoms with Crippen molar-refractivity contribution in [3.63, 3.8) is 0 Å². The minimum Gasteiger partial charge on any atom is -0.434 e. The Morgan fingerprint density at radius 2 is 2.14 bits per heavy atom. The molecule has 0 fully saturated rings. The molecule has 6 heteroatoms. The van der Waals surface area contributed by atoms with Gasteiger partial charge in [0.25, 0.3) is 0 Å². The van der Waals surface area contributed by atoms with Crippen molar-refractivity contribution in [1.82, 2.24) is 14.8 Å². The van der Waals surface area contributed by atoms with Crippen molar-refractivity contribution in [3.8, 4) is 11.6 Å². The molecule has 6 nitrogen and oxygen atoms in total. The number of hydrogen-bond donors (Lipinski definition) is 2. The van der Waals surface area contributed by atoms with Gasteiger partial charge in [-0.15, -0.1) is 0 Å². The molecule has 0 saturated heterocycles. The van der Waals surface area contributed by atoms with E-state index in [1.807, 2.05) is 27.0 Å². The Hall–Kier alpha value is -2.37. The van der Waals surface area contributed by atoms with Gasteiger partial charge in [0.15, 0.2) is 5.75 Å². The van der Waals surface area contributed by atoms with Gasteiger partial charge in [-0.05, 0) is 44.7 Å². The normalized spacial score (nSPS) is 13.3. The first-order valence-electron chi connectivity index (χ1n) is 7.02. The first-order chi connectivity index (χ1) is 9.97. The Morgan fingerprint density at radius 1 is 1.38 bits per heavy atom. The predicted octanol–water partition coefficient (Wildman–Crippen LogP) is 2.00. The third-order valence-corrected chi connectivity index (χ3v) is 3.95. The SMILES string of the molecule is Cc1nn(C)c(C)c1Oc1nc2c(cc1C(=N)N)CCC2. The molecule has 110 valence electrons. The number of amidine groups is 1. The maximum Gasteiger partial charge on any atom is 0.230 e. The molecule has 2 aromatic heterocycles. The Balaban J connectivity index is 2.07. The summed E-state index contributed by atoms with van der Waals surface area (Å²) in [6, 6.07) is 1.94. The van der Waals surface area contributed by atoms with Crippen molar-refractivity contribution in [1.29, 1.82) is 5.41 Å². The average molecular weight is 285 g/mol. The van der Waals surface area contributed by atoms with Crippen LogP contribution in [0, 0.1) is 19.3 Å². The summed E-state index contributed by atoms with van der Waals surface area (Å²) in [4.78, 5) is 4.58. The van der Waals surface area contributed by atoms with Crippen LogP contribution in [0.15, 0.2) is 6.07 Å². The van der Waals surface area contributed by atoms with E-state index in [1.54, 1.807) is 4.68 Å². The van der Waals surface area contributed by atoms with Crippen molar-refractivity contribution in [2.45, 2.75) is 33.1 Å². The van der Waals surface area contributed by atoms with Crippen molar-refractivity contribution < 1.29 is 4.74 Å². The summed E-state index contributed by atoms with van der Waals surface area (Å²) in [7, 11) is 1.87. The smallest absolute Gasteiger partial charge is 0.230 e. The molecule has 0 aliphatic heterocycles. The first kappa shape index (κ1) is 13.6. The number of pyridine rings is 1. The van der Waals surface area contributed by atoms with Gasteiger partial charge in [-0.1, -0.05) is 0 Å². The molecule has 0 radical (unpaired) electrons. The van der Waals surface area contributed by atoms with Crippen molar-refractivity contribution >= 4 is 5.84 Å². The number of rotatable bonds is 3. The van der Waals surface area contributed by atoms with Crippen LogP contribution in [0.4, 0.5) is 0 Å². The highest BCUT2D eigenvalue weighted by Crippen LogP contribution is 2.32. The third kappa shape index (κ3) is 2.26. The summed E-state index contributed by atoms with van der Waals surface area (Å²) in [5.74, 6) is 1.07. The van der Waals surface area contributed by atoms with E-state index in [-0.39, 0.29) is 5.84 Å². The second-order valence-corrected chi connectivity index (χ2v) is 5.44. The van der Waals surface area contributed by atoms with Crippen LogP contribution in [-0.4, -0.2) is 20.6 Å². The van der Waals surface area contributed by atoms with Crippen LogP contribution in [0.2, 0.25) is 0 Å². The number of nitrogen functional groups attached to an aromatic ring is 1. The molecule has 0 amide bonds. The first-order valence-corrected chi connectivity index (χ1v) is 7.02. The second-order valence-electron chi connectivity index (χ2n) is 5.44. The summed E-state index contributed by atoms with van der Waals surface area (Å²) in [6.45, 7) is 3.83. The fourth-order valence-electron chi connectivity index (χ4n) is 2.72. The lowest BCUT2D eigenvalue weighted by molar-refractivity contribution is 0.452. The van der Waals surface area contributed by atoms with E-state index in [0.717, 1.165) is 36.3 Å². The van der Waals surface area contributed by atoms with Crippen LogP contribution in [0.5, 0.6) is 11.6 Å². The zero-order valence-corrected chi connectivity index (χ0v) is 12.5. The Morgan fingerprint density at radius 3 is 2.76 bits per heavy atom. The summed E-state index contributed by atoms with van der Waals surface area (Å²) >= 11 is 0. The van der Waals surface area contributed by atoms with E-state index < -0.39 is 0 Å². The molecule has 1 aliphatic rings. The monoisotopic (exact) mass is 285 g/mol. The zero-order valence-electron chi connectivity index (χ0n) is 12.5. The van der Waals surface area contributed by atoms with Gasteiger partial charge in [0.2, 0.25) is 5.88 Å². The van der Waals surface area contributed by atoms with E-state index in [2.05, 4.69) is 10.1 Å². The van der Waals surface area contributed by atoms with Gasteiger partial charge in [0, 0.05) is 12.7 Å². The van der Waals surface area contributed by atoms with Gasteiger partial charge in [0.05, 0.1) is 11.3 Å². The Bertz CT molecular complexity index is 732. The topological polar surface area (TPSA) is 89.8 Å². The second kappa shape index (κ2) is 4.87. The van der Waals surface area contributed by atoms with Gasteiger partial charge >= 0.3 is 0 Å². The predicted molar refractivity (Wildman–Crippen MR) is 80.0 cm³/mol. The molecule has 0 aromatic carbocycles. The molecule has 0 atom stereocenters. The van der Waals surface area contributed by atoms with Gasteiger partial charge in [0.1, 0.15) is 11.5 Å². The van der Waals surface area contributed by atoms with Gasteiger partial charge < -0.3 is 10.5 Å². The minimum atomic E-state index is -0.0219. The number of fused-ring (bicyclic) bond motifs is 1. The molecule has 3 N–H and O–H groups in total. The molecule has 21 heavy (non-hydrogen) atoms. The molecule has 2 heterocycles. The molecule has 0 bridgehead atoms. The van der Waals surface area contributed by atoms with Gasteiger partial charge in [-0.2, -0.15) is 5.10 Å². The van der Waals surface area contributed by atoms with E-state index in [4.69, 9.17) is 15.9 Å². The largest absolute Gasteiger partial charge is 0.434 e. The van der Waals surface area contributed by atoms with E-state index in [0.29, 0.717) is 17.2 Å². The summed E-state index contributed by atoms with van der Waals surface area (Å²) in [6.07, 6.45) is 3.04. The molecule has 1 aliphatic carbocycles. The fraction of sp³-hybridized carbons (Fsp3) is 0.400. The molecule has 3 rings (SSSR count). The van der Waals surface area contributed by atoms with E-state index >= 15 is 0 Å². The zero-order chi connectivity index (χ0) is 15.1. The van der Waals surface area contributed by atoms with Crippen LogP contribution in [0.25, 0.3) is 0 Å². The highest BCUT2D eigenvalue weighted by molar-refractivity contribution is 5.97. The molecule has 0 spiro atoms. The van der Waals surface area contributed by atoms with Crippen LogP contribution in [0.3, 0.4) is 0 Å². The van der Waals surface area contributed by atoms with Crippen molar-refractivity contribution in [3.05, 3.63) is 34.3 Å². The molecular weight excluding hydrogens is 266 g/mol. The number of nitrogens with one attached hydrogen (secondary N) is 1. The van der Waals surface area contributed by atoms with Crippen molar-refractivity contribution in [2.24, 2.45) is 12.8 Å². The third-order valence-electron chi connectivity index (χ3n) is 3.95. The van der Waals surface area contributed by atoms with Crippen molar-refractivity contribution in [2.75, 3.05) is 0 Å². The molecule has 2 aromatic rings. The molecule has 0 saturated carbocycles. The molecular formula is C15H19N5O. The van der Waals surface area contributed by atoms with E-state index in [1.165, 1.54) is 5.56 Å². The maximum atomic E-state index is 7.75. The van der Waals surface area contributed by atoms with Crippen LogP contribution in [-0.2, 0) is 19.9 Å². The summed E-state index contributed by atoms with van der Waals surface area (Å²) in [5.41, 5.74) is 10.2.